The molecule has 0 fully saturated rings. The summed E-state index contributed by atoms with van der Waals surface area (Å²) in [6, 6.07) is 7.10. The van der Waals surface area contributed by atoms with Crippen LogP contribution in [-0.2, 0) is 5.60 Å². The summed E-state index contributed by atoms with van der Waals surface area (Å²) in [5.41, 5.74) is -1.20. The molecule has 1 heterocycles. The lowest BCUT2D eigenvalue weighted by Crippen LogP contribution is -2.28. The maximum absolute atomic E-state index is 13.8. The van der Waals surface area contributed by atoms with Crippen molar-refractivity contribution in [2.24, 2.45) is 0 Å². The summed E-state index contributed by atoms with van der Waals surface area (Å²) in [5.74, 6) is -1.08. The van der Waals surface area contributed by atoms with Gasteiger partial charge >= 0.3 is 0 Å². The number of aliphatic hydroxyl groups is 1. The van der Waals surface area contributed by atoms with Crippen molar-refractivity contribution in [3.63, 3.8) is 0 Å². The van der Waals surface area contributed by atoms with Gasteiger partial charge in [0.05, 0.1) is 6.20 Å². The Morgan fingerprint density at radius 2 is 1.94 bits per heavy atom. The Balaban J connectivity index is 2.59. The first-order valence-corrected chi connectivity index (χ1v) is 5.66. The van der Waals surface area contributed by atoms with Gasteiger partial charge in [-0.2, -0.15) is 0 Å². The summed E-state index contributed by atoms with van der Waals surface area (Å²) in [7, 11) is 0. The molecule has 18 heavy (non-hydrogen) atoms. The summed E-state index contributed by atoms with van der Waals surface area (Å²) < 4.78 is 27.0. The molecule has 2 nitrogen and oxygen atoms in total. The molecule has 0 spiro atoms. The van der Waals surface area contributed by atoms with Crippen molar-refractivity contribution < 1.29 is 13.9 Å². The molecular formula is C14H13F2NO. The number of benzene rings is 1. The van der Waals surface area contributed by atoms with Crippen LogP contribution < -0.4 is 0 Å². The fraction of sp³-hybridized carbons (Fsp3) is 0.214. The minimum Gasteiger partial charge on any atom is -0.380 e. The third-order valence-corrected chi connectivity index (χ3v) is 3.01. The van der Waals surface area contributed by atoms with E-state index in [1.807, 2.05) is 0 Å². The van der Waals surface area contributed by atoms with Gasteiger partial charge in [-0.25, -0.2) is 8.78 Å². The molecule has 1 unspecified atom stereocenters. The minimum atomic E-state index is -1.57. The van der Waals surface area contributed by atoms with Gasteiger partial charge in [0.15, 0.2) is 0 Å². The van der Waals surface area contributed by atoms with Gasteiger partial charge in [0.25, 0.3) is 0 Å². The van der Waals surface area contributed by atoms with Crippen molar-refractivity contribution in [2.75, 3.05) is 0 Å². The van der Waals surface area contributed by atoms with Crippen LogP contribution in [0.4, 0.5) is 8.78 Å². The molecule has 94 valence electrons. The molecule has 4 heteroatoms. The average Bonchev–Trinajstić information content (AvgIpc) is 2.38. The summed E-state index contributed by atoms with van der Waals surface area (Å²) in [6.07, 6.45) is 2.61. The third kappa shape index (κ3) is 2.11. The van der Waals surface area contributed by atoms with Crippen molar-refractivity contribution in [3.8, 4) is 0 Å². The summed E-state index contributed by atoms with van der Waals surface area (Å²) in [4.78, 5) is 3.70. The Morgan fingerprint density at radius 3 is 2.56 bits per heavy atom. The molecule has 0 saturated heterocycles. The summed E-state index contributed by atoms with van der Waals surface area (Å²) in [6.45, 7) is 1.71. The highest BCUT2D eigenvalue weighted by Crippen LogP contribution is 2.34. The zero-order valence-electron chi connectivity index (χ0n) is 9.90. The molecule has 0 aliphatic heterocycles. The van der Waals surface area contributed by atoms with Crippen LogP contribution >= 0.6 is 0 Å². The second-order valence-corrected chi connectivity index (χ2v) is 4.09. The van der Waals surface area contributed by atoms with E-state index in [0.717, 1.165) is 6.20 Å². The first-order chi connectivity index (χ1) is 8.58. The smallest absolute Gasteiger partial charge is 0.141 e. The monoisotopic (exact) mass is 249 g/mol. The van der Waals surface area contributed by atoms with E-state index >= 15 is 0 Å². The highest BCUT2D eigenvalue weighted by atomic mass is 19.1. The number of pyridine rings is 1. The number of nitrogens with zero attached hydrogens (tertiary/aromatic N) is 1. The van der Waals surface area contributed by atoms with E-state index in [0.29, 0.717) is 0 Å². The van der Waals surface area contributed by atoms with Crippen LogP contribution in [0.15, 0.2) is 42.7 Å². The van der Waals surface area contributed by atoms with Crippen LogP contribution in [0.5, 0.6) is 0 Å². The molecule has 0 aliphatic carbocycles. The average molecular weight is 249 g/mol. The first kappa shape index (κ1) is 12.6. The largest absolute Gasteiger partial charge is 0.380 e. The molecule has 2 aromatic rings. The molecular weight excluding hydrogens is 236 g/mol. The maximum atomic E-state index is 13.8. The molecule has 0 saturated carbocycles. The lowest BCUT2D eigenvalue weighted by Gasteiger charge is -2.28. The Bertz CT molecular complexity index is 559. The standard InChI is InChI=1S/C14H13F2NO/c1-2-14(18,10-7-11(15)9-17-8-10)12-5-3-4-6-13(12)16/h3-9,18H,2H2,1H3. The van der Waals surface area contributed by atoms with E-state index in [9.17, 15) is 13.9 Å². The zero-order chi connectivity index (χ0) is 13.2. The quantitative estimate of drug-likeness (QED) is 0.907. The normalized spacial score (nSPS) is 14.2. The minimum absolute atomic E-state index is 0.125. The maximum Gasteiger partial charge on any atom is 0.141 e. The van der Waals surface area contributed by atoms with Crippen LogP contribution in [-0.4, -0.2) is 10.1 Å². The molecule has 1 aromatic carbocycles. The van der Waals surface area contributed by atoms with Gasteiger partial charge in [-0.1, -0.05) is 25.1 Å². The zero-order valence-corrected chi connectivity index (χ0v) is 9.90. The third-order valence-electron chi connectivity index (χ3n) is 3.01. The lowest BCUT2D eigenvalue weighted by atomic mass is 9.84. The number of rotatable bonds is 3. The SMILES string of the molecule is CCC(O)(c1cncc(F)c1)c1ccccc1F. The summed E-state index contributed by atoms with van der Waals surface area (Å²) >= 11 is 0. The van der Waals surface area contributed by atoms with Crippen molar-refractivity contribution in [2.45, 2.75) is 18.9 Å². The predicted octanol–water partition coefficient (Wildman–Crippen LogP) is 3.01. The number of hydrogen-bond donors (Lipinski definition) is 1. The Hall–Kier alpha value is -1.81. The van der Waals surface area contributed by atoms with Gasteiger partial charge in [0.1, 0.15) is 17.2 Å². The highest BCUT2D eigenvalue weighted by Gasteiger charge is 2.32. The van der Waals surface area contributed by atoms with Crippen molar-refractivity contribution in [1.29, 1.82) is 0 Å². The van der Waals surface area contributed by atoms with Gasteiger partial charge in [-0.15, -0.1) is 0 Å². The summed E-state index contributed by atoms with van der Waals surface area (Å²) in [5, 5.41) is 10.6. The van der Waals surface area contributed by atoms with E-state index in [2.05, 4.69) is 4.98 Å². The van der Waals surface area contributed by atoms with E-state index in [1.54, 1.807) is 19.1 Å². The second kappa shape index (κ2) is 4.82. The lowest BCUT2D eigenvalue weighted by molar-refractivity contribution is 0.0718. The molecule has 1 aromatic heterocycles. The van der Waals surface area contributed by atoms with Crippen LogP contribution in [0.1, 0.15) is 24.5 Å². The van der Waals surface area contributed by atoms with E-state index in [1.165, 1.54) is 24.4 Å². The van der Waals surface area contributed by atoms with E-state index in [-0.39, 0.29) is 17.5 Å². The van der Waals surface area contributed by atoms with Gasteiger partial charge in [-0.05, 0) is 18.6 Å². The predicted molar refractivity (Wildman–Crippen MR) is 63.9 cm³/mol. The number of hydrogen-bond acceptors (Lipinski definition) is 2. The Morgan fingerprint density at radius 1 is 1.22 bits per heavy atom. The van der Waals surface area contributed by atoms with Crippen LogP contribution in [0.25, 0.3) is 0 Å². The molecule has 0 aliphatic rings. The van der Waals surface area contributed by atoms with Crippen LogP contribution in [0.2, 0.25) is 0 Å². The molecule has 0 bridgehead atoms. The Labute approximate surface area is 104 Å². The van der Waals surface area contributed by atoms with Gasteiger partial charge in [0, 0.05) is 17.3 Å². The van der Waals surface area contributed by atoms with E-state index < -0.39 is 17.2 Å². The van der Waals surface area contributed by atoms with Crippen LogP contribution in [0.3, 0.4) is 0 Å². The van der Waals surface area contributed by atoms with Gasteiger partial charge in [-0.3, -0.25) is 4.98 Å². The highest BCUT2D eigenvalue weighted by molar-refractivity contribution is 5.35. The number of halogens is 2. The number of aromatic nitrogens is 1. The van der Waals surface area contributed by atoms with Gasteiger partial charge < -0.3 is 5.11 Å². The fourth-order valence-corrected chi connectivity index (χ4v) is 1.98. The molecule has 2 rings (SSSR count). The molecule has 0 amide bonds. The van der Waals surface area contributed by atoms with Crippen molar-refractivity contribution in [3.05, 3.63) is 65.5 Å². The second-order valence-electron chi connectivity index (χ2n) is 4.09. The molecule has 1 atom stereocenters. The van der Waals surface area contributed by atoms with Gasteiger partial charge in [0.2, 0.25) is 0 Å². The Kier molecular flexibility index (Phi) is 3.39. The molecule has 1 N–H and O–H groups in total. The van der Waals surface area contributed by atoms with E-state index in [4.69, 9.17) is 0 Å². The van der Waals surface area contributed by atoms with Crippen molar-refractivity contribution in [1.82, 2.24) is 4.98 Å². The van der Waals surface area contributed by atoms with Crippen molar-refractivity contribution >= 4 is 0 Å². The topological polar surface area (TPSA) is 33.1 Å². The molecule has 0 radical (unpaired) electrons. The fourth-order valence-electron chi connectivity index (χ4n) is 1.98. The van der Waals surface area contributed by atoms with Crippen LogP contribution in [0, 0.1) is 11.6 Å². The first-order valence-electron chi connectivity index (χ1n) is 5.66.